The minimum absolute atomic E-state index is 0.0706. The van der Waals surface area contributed by atoms with Gasteiger partial charge >= 0.3 is 0 Å². The summed E-state index contributed by atoms with van der Waals surface area (Å²) in [6.07, 6.45) is 1.20. The zero-order chi connectivity index (χ0) is 14.0. The van der Waals surface area contributed by atoms with E-state index >= 15 is 0 Å². The van der Waals surface area contributed by atoms with Gasteiger partial charge in [0.25, 0.3) is 0 Å². The van der Waals surface area contributed by atoms with Gasteiger partial charge in [-0.2, -0.15) is 11.8 Å². The van der Waals surface area contributed by atoms with Crippen LogP contribution in [0, 0.1) is 0 Å². The number of nitrogens with two attached hydrogens (primary N) is 1. The van der Waals surface area contributed by atoms with Crippen molar-refractivity contribution in [1.29, 1.82) is 0 Å². The number of nitrogen functional groups attached to an aromatic ring is 1. The molecule has 2 rings (SSSR count). The van der Waals surface area contributed by atoms with Gasteiger partial charge in [-0.1, -0.05) is 27.7 Å². The summed E-state index contributed by atoms with van der Waals surface area (Å²) >= 11 is 2.06. The van der Waals surface area contributed by atoms with Crippen LogP contribution in [0.15, 0.2) is 6.07 Å². The molecule has 1 fully saturated rings. The third-order valence-corrected chi connectivity index (χ3v) is 4.69. The Morgan fingerprint density at radius 3 is 2.79 bits per heavy atom. The summed E-state index contributed by atoms with van der Waals surface area (Å²) in [6.45, 7) is 10.7. The van der Waals surface area contributed by atoms with Crippen molar-refractivity contribution in [3.63, 3.8) is 0 Å². The van der Waals surface area contributed by atoms with Crippen LogP contribution in [0.25, 0.3) is 0 Å². The highest BCUT2D eigenvalue weighted by molar-refractivity contribution is 8.00. The summed E-state index contributed by atoms with van der Waals surface area (Å²) in [5, 5.41) is 0.697. The van der Waals surface area contributed by atoms with Gasteiger partial charge in [0.1, 0.15) is 17.5 Å². The van der Waals surface area contributed by atoms with Gasteiger partial charge in [0.2, 0.25) is 0 Å². The van der Waals surface area contributed by atoms with Crippen molar-refractivity contribution in [2.75, 3.05) is 29.5 Å². The summed E-state index contributed by atoms with van der Waals surface area (Å²) in [5.41, 5.74) is 5.88. The van der Waals surface area contributed by atoms with E-state index in [1.54, 1.807) is 0 Å². The van der Waals surface area contributed by atoms with Crippen molar-refractivity contribution in [2.24, 2.45) is 0 Å². The minimum atomic E-state index is -0.0706. The maximum Gasteiger partial charge on any atom is 0.138 e. The Balaban J connectivity index is 2.26. The zero-order valence-electron chi connectivity index (χ0n) is 12.3. The SMILES string of the molecule is CCC1CN(c2cc(N)nc(C(C)(C)C)n2)CCS1. The third-order valence-electron chi connectivity index (χ3n) is 3.32. The minimum Gasteiger partial charge on any atom is -0.384 e. The molecule has 0 saturated carbocycles. The Morgan fingerprint density at radius 2 is 2.16 bits per heavy atom. The van der Waals surface area contributed by atoms with E-state index in [9.17, 15) is 0 Å². The van der Waals surface area contributed by atoms with Crippen LogP contribution in [0.2, 0.25) is 0 Å². The molecule has 1 aromatic heterocycles. The van der Waals surface area contributed by atoms with Crippen LogP contribution in [0.1, 0.15) is 39.9 Å². The third kappa shape index (κ3) is 3.53. The monoisotopic (exact) mass is 280 g/mol. The molecule has 1 aliphatic rings. The Labute approximate surface area is 120 Å². The lowest BCUT2D eigenvalue weighted by atomic mass is 9.96. The summed E-state index contributed by atoms with van der Waals surface area (Å²) in [5.74, 6) is 3.54. The molecular weight excluding hydrogens is 256 g/mol. The zero-order valence-corrected chi connectivity index (χ0v) is 13.1. The molecule has 2 heterocycles. The summed E-state index contributed by atoms with van der Waals surface area (Å²) < 4.78 is 0. The van der Waals surface area contributed by atoms with Gasteiger partial charge in [-0.15, -0.1) is 0 Å². The molecular formula is C14H24N4S. The highest BCUT2D eigenvalue weighted by atomic mass is 32.2. The second kappa shape index (κ2) is 5.57. The van der Waals surface area contributed by atoms with E-state index < -0.39 is 0 Å². The molecule has 1 aromatic rings. The molecule has 1 saturated heterocycles. The van der Waals surface area contributed by atoms with Crippen LogP contribution >= 0.6 is 11.8 Å². The summed E-state index contributed by atoms with van der Waals surface area (Å²) in [7, 11) is 0. The lowest BCUT2D eigenvalue weighted by Gasteiger charge is -2.33. The Kier molecular flexibility index (Phi) is 4.23. The maximum absolute atomic E-state index is 5.95. The van der Waals surface area contributed by atoms with Gasteiger partial charge in [-0.25, -0.2) is 9.97 Å². The number of rotatable bonds is 2. The fraction of sp³-hybridized carbons (Fsp3) is 0.714. The molecule has 1 unspecified atom stereocenters. The van der Waals surface area contributed by atoms with E-state index in [-0.39, 0.29) is 5.41 Å². The Hall–Kier alpha value is -0.970. The van der Waals surface area contributed by atoms with Crippen molar-refractivity contribution in [1.82, 2.24) is 9.97 Å². The van der Waals surface area contributed by atoms with Gasteiger partial charge < -0.3 is 10.6 Å². The van der Waals surface area contributed by atoms with Crippen LogP contribution in [0.5, 0.6) is 0 Å². The van der Waals surface area contributed by atoms with E-state index in [4.69, 9.17) is 10.7 Å². The first kappa shape index (κ1) is 14.4. The van der Waals surface area contributed by atoms with Gasteiger partial charge in [-0.05, 0) is 6.42 Å². The standard InChI is InChI=1S/C14H24N4S/c1-5-10-9-18(6-7-19-10)12-8-11(15)16-13(17-12)14(2,3)4/h8,10H,5-7,9H2,1-4H3,(H2,15,16,17). The van der Waals surface area contributed by atoms with Gasteiger partial charge in [-0.3, -0.25) is 0 Å². The van der Waals surface area contributed by atoms with E-state index in [0.717, 1.165) is 30.5 Å². The average molecular weight is 280 g/mol. The molecule has 5 heteroatoms. The Bertz CT molecular complexity index is 442. The molecule has 1 aliphatic heterocycles. The maximum atomic E-state index is 5.95. The lowest BCUT2D eigenvalue weighted by Crippen LogP contribution is -2.38. The van der Waals surface area contributed by atoms with Crippen molar-refractivity contribution in [2.45, 2.75) is 44.8 Å². The molecule has 0 aliphatic carbocycles. The number of hydrogen-bond donors (Lipinski definition) is 1. The number of aromatic nitrogens is 2. The molecule has 4 nitrogen and oxygen atoms in total. The predicted molar refractivity (Wildman–Crippen MR) is 83.9 cm³/mol. The first-order valence-corrected chi connectivity index (χ1v) is 7.96. The molecule has 0 spiro atoms. The van der Waals surface area contributed by atoms with Gasteiger partial charge in [0.15, 0.2) is 0 Å². The molecule has 0 aromatic carbocycles. The van der Waals surface area contributed by atoms with Gasteiger partial charge in [0, 0.05) is 35.6 Å². The van der Waals surface area contributed by atoms with Crippen molar-refractivity contribution in [3.05, 3.63) is 11.9 Å². The normalized spacial score (nSPS) is 20.6. The van der Waals surface area contributed by atoms with Crippen LogP contribution in [0.3, 0.4) is 0 Å². The van der Waals surface area contributed by atoms with Gasteiger partial charge in [0.05, 0.1) is 0 Å². The topological polar surface area (TPSA) is 55.0 Å². The number of nitrogens with zero attached hydrogens (tertiary/aromatic N) is 3. The van der Waals surface area contributed by atoms with E-state index in [2.05, 4.69) is 49.3 Å². The predicted octanol–water partition coefficient (Wildman–Crippen LogP) is 2.69. The first-order chi connectivity index (χ1) is 8.90. The van der Waals surface area contributed by atoms with Crippen molar-refractivity contribution >= 4 is 23.4 Å². The van der Waals surface area contributed by atoms with E-state index in [1.807, 2.05) is 6.07 Å². The van der Waals surface area contributed by atoms with Crippen molar-refractivity contribution in [3.8, 4) is 0 Å². The molecule has 0 radical (unpaired) electrons. The summed E-state index contributed by atoms with van der Waals surface area (Å²) in [4.78, 5) is 11.4. The molecule has 19 heavy (non-hydrogen) atoms. The second-order valence-electron chi connectivity index (χ2n) is 6.07. The fourth-order valence-corrected chi connectivity index (χ4v) is 3.30. The highest BCUT2D eigenvalue weighted by Gasteiger charge is 2.23. The van der Waals surface area contributed by atoms with Crippen LogP contribution in [0.4, 0.5) is 11.6 Å². The second-order valence-corrected chi connectivity index (χ2v) is 7.48. The molecule has 0 amide bonds. The average Bonchev–Trinajstić information content (AvgIpc) is 2.37. The van der Waals surface area contributed by atoms with E-state index in [1.165, 1.54) is 6.42 Å². The van der Waals surface area contributed by atoms with Crippen LogP contribution in [-0.2, 0) is 5.41 Å². The van der Waals surface area contributed by atoms with Crippen molar-refractivity contribution < 1.29 is 0 Å². The van der Waals surface area contributed by atoms with Crippen LogP contribution in [-0.4, -0.2) is 34.1 Å². The smallest absolute Gasteiger partial charge is 0.138 e. The summed E-state index contributed by atoms with van der Waals surface area (Å²) in [6, 6.07) is 1.90. The van der Waals surface area contributed by atoms with E-state index in [0.29, 0.717) is 11.1 Å². The number of anilines is 2. The molecule has 0 bridgehead atoms. The lowest BCUT2D eigenvalue weighted by molar-refractivity contribution is 0.544. The Morgan fingerprint density at radius 1 is 1.42 bits per heavy atom. The largest absolute Gasteiger partial charge is 0.384 e. The molecule has 2 N–H and O–H groups in total. The van der Waals surface area contributed by atoms with Crippen LogP contribution < -0.4 is 10.6 Å². The first-order valence-electron chi connectivity index (χ1n) is 6.91. The number of hydrogen-bond acceptors (Lipinski definition) is 5. The molecule has 1 atom stereocenters. The molecule has 106 valence electrons. The quantitative estimate of drug-likeness (QED) is 0.902. The fourth-order valence-electron chi connectivity index (χ4n) is 2.12. The number of thioether (sulfide) groups is 1. The highest BCUT2D eigenvalue weighted by Crippen LogP contribution is 2.27.